The molecule has 0 aliphatic carbocycles. The fourth-order valence-corrected chi connectivity index (χ4v) is 3.52. The Morgan fingerprint density at radius 2 is 1.60 bits per heavy atom. The zero-order chi connectivity index (χ0) is 21.3. The maximum absolute atomic E-state index is 10.6. The lowest BCUT2D eigenvalue weighted by molar-refractivity contribution is -0.00626. The minimum atomic E-state index is -0.586. The van der Waals surface area contributed by atoms with Gasteiger partial charge in [-0.3, -0.25) is 4.90 Å². The van der Waals surface area contributed by atoms with Crippen LogP contribution in [0.15, 0.2) is 78.9 Å². The zero-order valence-electron chi connectivity index (χ0n) is 18.0. The lowest BCUT2D eigenvalue weighted by atomic mass is 10.0. The Morgan fingerprint density at radius 3 is 2.30 bits per heavy atom. The molecule has 2 atom stereocenters. The van der Waals surface area contributed by atoms with Crippen molar-refractivity contribution in [3.8, 4) is 5.75 Å². The van der Waals surface area contributed by atoms with Gasteiger partial charge in [0.1, 0.15) is 11.9 Å². The first-order valence-corrected chi connectivity index (χ1v) is 10.3. The summed E-state index contributed by atoms with van der Waals surface area (Å²) in [6, 6.07) is 26.5. The summed E-state index contributed by atoms with van der Waals surface area (Å²) in [6.45, 7) is 3.58. The van der Waals surface area contributed by atoms with Crippen LogP contribution in [0.25, 0.3) is 0 Å². The van der Waals surface area contributed by atoms with Gasteiger partial charge in [0.25, 0.3) is 0 Å². The number of hydrogen-bond donors (Lipinski definition) is 1. The Bertz CT molecular complexity index is 896. The highest BCUT2D eigenvalue weighted by Crippen LogP contribution is 2.26. The average Bonchev–Trinajstić information content (AvgIpc) is 2.76. The molecule has 0 bridgehead atoms. The van der Waals surface area contributed by atoms with Gasteiger partial charge in [-0.25, -0.2) is 0 Å². The van der Waals surface area contributed by atoms with Crippen LogP contribution in [0.4, 0.5) is 0 Å². The van der Waals surface area contributed by atoms with E-state index in [9.17, 15) is 5.11 Å². The second-order valence-electron chi connectivity index (χ2n) is 7.74. The number of aliphatic hydroxyl groups is 1. The predicted molar refractivity (Wildman–Crippen MR) is 121 cm³/mol. The lowest BCUT2D eigenvalue weighted by Crippen LogP contribution is -2.32. The number of ether oxygens (including phenoxy) is 2. The molecule has 0 saturated heterocycles. The van der Waals surface area contributed by atoms with Crippen molar-refractivity contribution in [2.24, 2.45) is 0 Å². The van der Waals surface area contributed by atoms with Gasteiger partial charge in [-0.2, -0.15) is 0 Å². The molecule has 0 aliphatic rings. The van der Waals surface area contributed by atoms with Crippen LogP contribution in [-0.4, -0.2) is 43.4 Å². The van der Waals surface area contributed by atoms with Crippen molar-refractivity contribution in [1.29, 1.82) is 0 Å². The molecule has 0 heterocycles. The third-order valence-electron chi connectivity index (χ3n) is 5.05. The molecule has 0 aliphatic heterocycles. The minimum absolute atomic E-state index is 0.204. The summed E-state index contributed by atoms with van der Waals surface area (Å²) in [5.41, 5.74) is 4.53. The van der Waals surface area contributed by atoms with Crippen LogP contribution in [0.1, 0.15) is 28.4 Å². The maximum atomic E-state index is 10.6. The van der Waals surface area contributed by atoms with E-state index in [1.54, 1.807) is 7.11 Å². The Hall–Kier alpha value is -2.66. The molecule has 30 heavy (non-hydrogen) atoms. The summed E-state index contributed by atoms with van der Waals surface area (Å²) in [4.78, 5) is 2.09. The quantitative estimate of drug-likeness (QED) is 0.535. The third kappa shape index (κ3) is 6.42. The fraction of sp³-hybridized carbons (Fsp3) is 0.308. The molecule has 0 radical (unpaired) electrons. The van der Waals surface area contributed by atoms with Crippen molar-refractivity contribution in [1.82, 2.24) is 4.90 Å². The van der Waals surface area contributed by atoms with Crippen molar-refractivity contribution >= 4 is 0 Å². The number of likely N-dealkylation sites (N-methyl/N-ethyl adjacent to an activating group) is 1. The molecule has 4 heteroatoms. The number of aryl methyl sites for hydroxylation is 1. The molecule has 0 unspecified atom stereocenters. The van der Waals surface area contributed by atoms with Gasteiger partial charge in [0.05, 0.1) is 19.8 Å². The normalized spacial score (nSPS) is 13.2. The minimum Gasteiger partial charge on any atom is -0.497 e. The number of nitrogens with zero attached hydrogens (tertiary/aromatic N) is 1. The van der Waals surface area contributed by atoms with E-state index in [-0.39, 0.29) is 12.7 Å². The van der Waals surface area contributed by atoms with Crippen molar-refractivity contribution in [3.63, 3.8) is 0 Å². The van der Waals surface area contributed by atoms with Crippen LogP contribution >= 0.6 is 0 Å². The highest BCUT2D eigenvalue weighted by atomic mass is 16.5. The van der Waals surface area contributed by atoms with Crippen molar-refractivity contribution in [2.75, 3.05) is 27.3 Å². The molecule has 0 amide bonds. The van der Waals surface area contributed by atoms with Gasteiger partial charge in [0, 0.05) is 13.1 Å². The largest absolute Gasteiger partial charge is 0.497 e. The summed E-state index contributed by atoms with van der Waals surface area (Å²) >= 11 is 0. The fourth-order valence-electron chi connectivity index (χ4n) is 3.52. The summed E-state index contributed by atoms with van der Waals surface area (Å²) in [5.74, 6) is 0.841. The first kappa shape index (κ1) is 22.0. The molecular formula is C26H31NO3. The highest BCUT2D eigenvalue weighted by Gasteiger charge is 2.17. The number of rotatable bonds is 10. The van der Waals surface area contributed by atoms with E-state index < -0.39 is 6.10 Å². The van der Waals surface area contributed by atoms with E-state index in [0.717, 1.165) is 29.0 Å². The SMILES string of the molecule is COc1cccc(CN(C)C[C@@H](O)CO[C@H](c2ccccc2)c2ccc(C)cc2)c1. The predicted octanol–water partition coefficient (Wildman–Crippen LogP) is 4.60. The van der Waals surface area contributed by atoms with Crippen LogP contribution < -0.4 is 4.74 Å². The van der Waals surface area contributed by atoms with E-state index >= 15 is 0 Å². The number of benzene rings is 3. The standard InChI is InChI=1S/C26H31NO3/c1-20-12-14-23(15-13-20)26(22-9-5-4-6-10-22)30-19-24(28)18-27(2)17-21-8-7-11-25(16-21)29-3/h4-16,24,26,28H,17-19H2,1-3H3/t24-,26-/m1/s1. The zero-order valence-corrected chi connectivity index (χ0v) is 18.0. The second-order valence-corrected chi connectivity index (χ2v) is 7.74. The average molecular weight is 406 g/mol. The van der Waals surface area contributed by atoms with Crippen molar-refractivity contribution in [2.45, 2.75) is 25.7 Å². The monoisotopic (exact) mass is 405 g/mol. The second kappa shape index (κ2) is 10.9. The molecule has 1 N–H and O–H groups in total. The van der Waals surface area contributed by atoms with Gasteiger partial charge in [-0.15, -0.1) is 0 Å². The van der Waals surface area contributed by atoms with Crippen molar-refractivity contribution in [3.05, 3.63) is 101 Å². The van der Waals surface area contributed by atoms with E-state index in [4.69, 9.17) is 9.47 Å². The summed E-state index contributed by atoms with van der Waals surface area (Å²) in [5, 5.41) is 10.6. The molecule has 3 aromatic rings. The molecule has 3 aromatic carbocycles. The Balaban J connectivity index is 1.59. The number of aliphatic hydroxyl groups excluding tert-OH is 1. The maximum Gasteiger partial charge on any atom is 0.119 e. The van der Waals surface area contributed by atoms with Crippen LogP contribution in [-0.2, 0) is 11.3 Å². The van der Waals surface area contributed by atoms with E-state index in [1.165, 1.54) is 5.56 Å². The number of hydrogen-bond acceptors (Lipinski definition) is 4. The first-order chi connectivity index (χ1) is 14.5. The Kier molecular flexibility index (Phi) is 8.03. The summed E-state index contributed by atoms with van der Waals surface area (Å²) in [6.07, 6.45) is -0.789. The van der Waals surface area contributed by atoms with E-state index in [1.807, 2.05) is 43.4 Å². The highest BCUT2D eigenvalue weighted by molar-refractivity contribution is 5.32. The van der Waals surface area contributed by atoms with Gasteiger partial charge in [0.15, 0.2) is 0 Å². The van der Waals surface area contributed by atoms with E-state index in [0.29, 0.717) is 6.54 Å². The van der Waals surface area contributed by atoms with Gasteiger partial charge in [-0.05, 0) is 42.8 Å². The summed E-state index contributed by atoms with van der Waals surface area (Å²) < 4.78 is 11.5. The van der Waals surface area contributed by atoms with Gasteiger partial charge < -0.3 is 14.6 Å². The molecule has 4 nitrogen and oxygen atoms in total. The van der Waals surface area contributed by atoms with Gasteiger partial charge in [-0.1, -0.05) is 72.3 Å². The van der Waals surface area contributed by atoms with Crippen LogP contribution in [0.5, 0.6) is 5.75 Å². The molecule has 0 spiro atoms. The van der Waals surface area contributed by atoms with Crippen molar-refractivity contribution < 1.29 is 14.6 Å². The van der Waals surface area contributed by atoms with Crippen LogP contribution in [0.2, 0.25) is 0 Å². The topological polar surface area (TPSA) is 41.9 Å². The van der Waals surface area contributed by atoms with Gasteiger partial charge in [0.2, 0.25) is 0 Å². The molecular weight excluding hydrogens is 374 g/mol. The molecule has 158 valence electrons. The smallest absolute Gasteiger partial charge is 0.119 e. The third-order valence-corrected chi connectivity index (χ3v) is 5.05. The summed E-state index contributed by atoms with van der Waals surface area (Å²) in [7, 11) is 3.67. The van der Waals surface area contributed by atoms with Crippen LogP contribution in [0.3, 0.4) is 0 Å². The van der Waals surface area contributed by atoms with Crippen LogP contribution in [0, 0.1) is 6.92 Å². The van der Waals surface area contributed by atoms with E-state index in [2.05, 4.69) is 54.3 Å². The molecule has 0 fully saturated rings. The number of methoxy groups -OCH3 is 1. The first-order valence-electron chi connectivity index (χ1n) is 10.3. The molecule has 0 aromatic heterocycles. The molecule has 3 rings (SSSR count). The lowest BCUT2D eigenvalue weighted by Gasteiger charge is -2.24. The molecule has 0 saturated carbocycles. The Morgan fingerprint density at radius 1 is 0.900 bits per heavy atom. The van der Waals surface area contributed by atoms with Gasteiger partial charge >= 0.3 is 0 Å². The Labute approximate surface area is 179 Å².